The molecule has 0 fully saturated rings. The summed E-state index contributed by atoms with van der Waals surface area (Å²) in [6, 6.07) is 4.74. The normalized spacial score (nSPS) is 17.0. The van der Waals surface area contributed by atoms with Crippen molar-refractivity contribution in [3.8, 4) is 12.3 Å². The molecular formula is C20H18F3NO4. The van der Waals surface area contributed by atoms with Gasteiger partial charge in [0.1, 0.15) is 0 Å². The number of carbonyl (C=O) groups is 2. The molecule has 8 heteroatoms. The number of ether oxygens (including phenoxy) is 2. The largest absolute Gasteiger partial charge is 0.466 e. The number of alkyl halides is 3. The van der Waals surface area contributed by atoms with Gasteiger partial charge in [-0.2, -0.15) is 13.2 Å². The second-order valence-corrected chi connectivity index (χ2v) is 5.99. The number of terminal acetylenes is 1. The second kappa shape index (κ2) is 8.21. The third kappa shape index (κ3) is 4.03. The molecule has 0 aromatic heterocycles. The van der Waals surface area contributed by atoms with Gasteiger partial charge in [-0.15, -0.1) is 6.42 Å². The SMILES string of the molecule is C#CCOC(=O)C1=C(C)NC(C)=C(C(=O)OC)C1c1ccccc1C(F)(F)F. The number of benzene rings is 1. The first-order valence-corrected chi connectivity index (χ1v) is 8.17. The number of hydrogen-bond acceptors (Lipinski definition) is 5. The smallest absolute Gasteiger partial charge is 0.416 e. The van der Waals surface area contributed by atoms with Crippen LogP contribution < -0.4 is 5.32 Å². The number of carbonyl (C=O) groups excluding carboxylic acids is 2. The molecule has 1 atom stereocenters. The number of allylic oxidation sites excluding steroid dienone is 2. The highest BCUT2D eigenvalue weighted by molar-refractivity contribution is 6.00. The van der Waals surface area contributed by atoms with Gasteiger partial charge >= 0.3 is 18.1 Å². The van der Waals surface area contributed by atoms with Crippen molar-refractivity contribution in [2.24, 2.45) is 0 Å². The van der Waals surface area contributed by atoms with E-state index < -0.39 is 29.6 Å². The minimum Gasteiger partial charge on any atom is -0.466 e. The maximum atomic E-state index is 13.6. The molecule has 1 unspecified atom stereocenters. The van der Waals surface area contributed by atoms with Gasteiger partial charge in [0.15, 0.2) is 6.61 Å². The van der Waals surface area contributed by atoms with Crippen LogP contribution in [0.1, 0.15) is 30.9 Å². The number of dihydropyridines is 1. The molecule has 1 N–H and O–H groups in total. The molecule has 2 rings (SSSR count). The van der Waals surface area contributed by atoms with Crippen molar-refractivity contribution in [3.05, 3.63) is 57.9 Å². The Hall–Kier alpha value is -3.21. The fourth-order valence-electron chi connectivity index (χ4n) is 3.15. The Labute approximate surface area is 160 Å². The molecule has 0 saturated heterocycles. The van der Waals surface area contributed by atoms with Gasteiger partial charge in [0.05, 0.1) is 29.7 Å². The van der Waals surface area contributed by atoms with Gasteiger partial charge in [-0.3, -0.25) is 0 Å². The van der Waals surface area contributed by atoms with Crippen LogP contribution in [0, 0.1) is 12.3 Å². The third-order valence-electron chi connectivity index (χ3n) is 4.25. The van der Waals surface area contributed by atoms with Crippen molar-refractivity contribution >= 4 is 11.9 Å². The zero-order chi connectivity index (χ0) is 21.1. The number of rotatable bonds is 4. The van der Waals surface area contributed by atoms with Crippen LogP contribution in [0.2, 0.25) is 0 Å². The maximum Gasteiger partial charge on any atom is 0.416 e. The molecule has 0 bridgehead atoms. The van der Waals surface area contributed by atoms with Crippen LogP contribution in [0.5, 0.6) is 0 Å². The molecule has 5 nitrogen and oxygen atoms in total. The summed E-state index contributed by atoms with van der Waals surface area (Å²) in [5.41, 5.74) is -0.946. The summed E-state index contributed by atoms with van der Waals surface area (Å²) in [6.45, 7) is 2.66. The van der Waals surface area contributed by atoms with E-state index in [4.69, 9.17) is 15.9 Å². The molecule has 1 aliphatic rings. The van der Waals surface area contributed by atoms with Crippen LogP contribution in [0.25, 0.3) is 0 Å². The summed E-state index contributed by atoms with van der Waals surface area (Å²) in [5.74, 6) is -0.987. The molecule has 1 aliphatic heterocycles. The van der Waals surface area contributed by atoms with E-state index in [2.05, 4.69) is 11.2 Å². The Kier molecular flexibility index (Phi) is 6.19. The molecule has 0 spiro atoms. The van der Waals surface area contributed by atoms with Crippen molar-refractivity contribution in [1.29, 1.82) is 0 Å². The number of nitrogens with one attached hydrogen (secondary N) is 1. The fraction of sp³-hybridized carbons (Fsp3) is 0.300. The quantitative estimate of drug-likeness (QED) is 0.628. The standard InChI is InChI=1S/C20H18F3NO4/c1-5-10-28-19(26)16-12(3)24-11(2)15(18(25)27-4)17(16)13-8-6-7-9-14(13)20(21,22)23/h1,6-9,17,24H,10H2,2-4H3. The van der Waals surface area contributed by atoms with Crippen molar-refractivity contribution in [2.75, 3.05) is 13.7 Å². The van der Waals surface area contributed by atoms with Crippen LogP contribution in [0.15, 0.2) is 46.8 Å². The van der Waals surface area contributed by atoms with Crippen molar-refractivity contribution in [2.45, 2.75) is 25.9 Å². The lowest BCUT2D eigenvalue weighted by molar-refractivity contribution is -0.141. The van der Waals surface area contributed by atoms with Crippen LogP contribution in [-0.2, 0) is 25.2 Å². The van der Waals surface area contributed by atoms with E-state index in [0.717, 1.165) is 13.2 Å². The first-order valence-electron chi connectivity index (χ1n) is 8.17. The Morgan fingerprint density at radius 2 is 1.71 bits per heavy atom. The average Bonchev–Trinajstić information content (AvgIpc) is 2.64. The predicted octanol–water partition coefficient (Wildman–Crippen LogP) is 3.29. The molecule has 0 saturated carbocycles. The number of hydrogen-bond donors (Lipinski definition) is 1. The summed E-state index contributed by atoms with van der Waals surface area (Å²) in [5, 5.41) is 2.83. The third-order valence-corrected chi connectivity index (χ3v) is 4.25. The molecule has 1 aromatic rings. The topological polar surface area (TPSA) is 64.6 Å². The predicted molar refractivity (Wildman–Crippen MR) is 94.5 cm³/mol. The number of esters is 2. The van der Waals surface area contributed by atoms with Gasteiger partial charge in [0.2, 0.25) is 0 Å². The van der Waals surface area contributed by atoms with E-state index in [0.29, 0.717) is 0 Å². The van der Waals surface area contributed by atoms with E-state index in [9.17, 15) is 22.8 Å². The van der Waals surface area contributed by atoms with Gasteiger partial charge in [-0.1, -0.05) is 24.1 Å². The summed E-state index contributed by atoms with van der Waals surface area (Å²) in [7, 11) is 1.11. The zero-order valence-electron chi connectivity index (χ0n) is 15.4. The summed E-state index contributed by atoms with van der Waals surface area (Å²) in [4.78, 5) is 25.0. The Bertz CT molecular complexity index is 907. The minimum atomic E-state index is -4.70. The highest BCUT2D eigenvalue weighted by Gasteiger charge is 2.43. The zero-order valence-corrected chi connectivity index (χ0v) is 15.4. The molecule has 0 aliphatic carbocycles. The summed E-state index contributed by atoms with van der Waals surface area (Å²) < 4.78 is 50.6. The van der Waals surface area contributed by atoms with E-state index in [-0.39, 0.29) is 34.7 Å². The highest BCUT2D eigenvalue weighted by Crippen LogP contribution is 2.44. The van der Waals surface area contributed by atoms with Crippen molar-refractivity contribution < 1.29 is 32.2 Å². The molecule has 28 heavy (non-hydrogen) atoms. The van der Waals surface area contributed by atoms with Crippen LogP contribution in [0.4, 0.5) is 13.2 Å². The average molecular weight is 393 g/mol. The molecule has 148 valence electrons. The van der Waals surface area contributed by atoms with Crippen LogP contribution in [-0.4, -0.2) is 25.7 Å². The van der Waals surface area contributed by atoms with E-state index in [1.807, 2.05) is 0 Å². The second-order valence-electron chi connectivity index (χ2n) is 5.99. The monoisotopic (exact) mass is 393 g/mol. The first-order chi connectivity index (χ1) is 13.1. The number of halogens is 3. The van der Waals surface area contributed by atoms with E-state index in [1.54, 1.807) is 0 Å². The Balaban J connectivity index is 2.77. The lowest BCUT2D eigenvalue weighted by Crippen LogP contribution is -2.33. The maximum absolute atomic E-state index is 13.6. The molecule has 0 amide bonds. The van der Waals surface area contributed by atoms with Gasteiger partial charge in [-0.25, -0.2) is 9.59 Å². The Morgan fingerprint density at radius 1 is 1.14 bits per heavy atom. The molecular weight excluding hydrogens is 375 g/mol. The van der Waals surface area contributed by atoms with Gasteiger partial charge in [0, 0.05) is 11.4 Å². The lowest BCUT2D eigenvalue weighted by Gasteiger charge is -2.31. The van der Waals surface area contributed by atoms with E-state index in [1.165, 1.54) is 32.0 Å². The molecule has 0 radical (unpaired) electrons. The first kappa shape index (κ1) is 21.1. The van der Waals surface area contributed by atoms with Gasteiger partial charge in [-0.05, 0) is 25.5 Å². The van der Waals surface area contributed by atoms with E-state index >= 15 is 0 Å². The van der Waals surface area contributed by atoms with Crippen molar-refractivity contribution in [3.63, 3.8) is 0 Å². The van der Waals surface area contributed by atoms with Gasteiger partial charge in [0.25, 0.3) is 0 Å². The summed E-state index contributed by atoms with van der Waals surface area (Å²) >= 11 is 0. The fourth-order valence-corrected chi connectivity index (χ4v) is 3.15. The van der Waals surface area contributed by atoms with Gasteiger partial charge < -0.3 is 14.8 Å². The Morgan fingerprint density at radius 3 is 2.25 bits per heavy atom. The number of methoxy groups -OCH3 is 1. The minimum absolute atomic E-state index is 0.113. The van der Waals surface area contributed by atoms with Crippen LogP contribution >= 0.6 is 0 Å². The van der Waals surface area contributed by atoms with Crippen molar-refractivity contribution in [1.82, 2.24) is 5.32 Å². The van der Waals surface area contributed by atoms with Crippen LogP contribution in [0.3, 0.4) is 0 Å². The molecule has 1 aromatic carbocycles. The highest BCUT2D eigenvalue weighted by atomic mass is 19.4. The lowest BCUT2D eigenvalue weighted by atomic mass is 9.78. The summed E-state index contributed by atoms with van der Waals surface area (Å²) in [6.07, 6.45) is 0.400. The molecule has 1 heterocycles.